The molecule has 0 aliphatic heterocycles. The molecule has 0 radical (unpaired) electrons. The second-order valence-electron chi connectivity index (χ2n) is 5.67. The monoisotopic (exact) mass is 376 g/mol. The summed E-state index contributed by atoms with van der Waals surface area (Å²) in [5.41, 5.74) is 1.05. The molecule has 0 saturated carbocycles. The molecule has 0 saturated heterocycles. The van der Waals surface area contributed by atoms with Crippen molar-refractivity contribution in [2.24, 2.45) is 5.92 Å². The Balaban J connectivity index is 2.83. The maximum absolute atomic E-state index is 12.3. The van der Waals surface area contributed by atoms with Crippen molar-refractivity contribution < 1.29 is 8.42 Å². The maximum Gasteiger partial charge on any atom is 0.241 e. The van der Waals surface area contributed by atoms with E-state index >= 15 is 0 Å². The third-order valence-corrected chi connectivity index (χ3v) is 5.72. The molecular formula is C15H25BrN2O2S. The summed E-state index contributed by atoms with van der Waals surface area (Å²) in [6.07, 6.45) is 0.948. The van der Waals surface area contributed by atoms with Crippen LogP contribution < -0.4 is 10.0 Å². The molecule has 4 nitrogen and oxygen atoms in total. The molecule has 2 N–H and O–H groups in total. The van der Waals surface area contributed by atoms with E-state index in [0.29, 0.717) is 27.9 Å². The van der Waals surface area contributed by atoms with Gasteiger partial charge in [0.15, 0.2) is 0 Å². The molecule has 1 rings (SSSR count). The Labute approximate surface area is 136 Å². The van der Waals surface area contributed by atoms with E-state index in [9.17, 15) is 8.42 Å². The Morgan fingerprint density at radius 3 is 2.43 bits per heavy atom. The molecule has 1 atom stereocenters. The Hall–Kier alpha value is -0.430. The number of hydrogen-bond acceptors (Lipinski definition) is 3. The molecule has 0 heterocycles. The van der Waals surface area contributed by atoms with Crippen LogP contribution in [0.15, 0.2) is 27.6 Å². The van der Waals surface area contributed by atoms with Crippen molar-refractivity contribution >= 4 is 26.0 Å². The predicted octanol–water partition coefficient (Wildman–Crippen LogP) is 3.27. The lowest BCUT2D eigenvalue weighted by atomic mass is 10.1. The van der Waals surface area contributed by atoms with Gasteiger partial charge in [-0.15, -0.1) is 0 Å². The lowest BCUT2D eigenvalue weighted by molar-refractivity contribution is 0.528. The number of halogens is 1. The highest BCUT2D eigenvalue weighted by Gasteiger charge is 2.18. The highest BCUT2D eigenvalue weighted by molar-refractivity contribution is 9.10. The van der Waals surface area contributed by atoms with Crippen molar-refractivity contribution in [3.63, 3.8) is 0 Å². The number of benzene rings is 1. The number of nitrogens with one attached hydrogen (secondary N) is 2. The molecule has 0 aliphatic rings. The lowest BCUT2D eigenvalue weighted by Gasteiger charge is -2.13. The Morgan fingerprint density at radius 1 is 1.24 bits per heavy atom. The van der Waals surface area contributed by atoms with E-state index in [1.54, 1.807) is 6.07 Å². The van der Waals surface area contributed by atoms with Crippen LogP contribution in [0.1, 0.15) is 39.7 Å². The van der Waals surface area contributed by atoms with Gasteiger partial charge in [-0.3, -0.25) is 0 Å². The van der Waals surface area contributed by atoms with Gasteiger partial charge in [0.25, 0.3) is 0 Å². The SMILES string of the molecule is CCC(C)CNS(=O)(=O)c1ccc(CNC(C)C)cc1Br. The third-order valence-electron chi connectivity index (χ3n) is 3.32. The van der Waals surface area contributed by atoms with E-state index in [-0.39, 0.29) is 0 Å². The zero-order valence-corrected chi connectivity index (χ0v) is 15.5. The van der Waals surface area contributed by atoms with Crippen LogP contribution in [0.25, 0.3) is 0 Å². The van der Waals surface area contributed by atoms with E-state index < -0.39 is 10.0 Å². The molecule has 6 heteroatoms. The first-order valence-electron chi connectivity index (χ1n) is 7.27. The van der Waals surface area contributed by atoms with Crippen molar-refractivity contribution in [1.29, 1.82) is 0 Å². The van der Waals surface area contributed by atoms with Gasteiger partial charge < -0.3 is 5.32 Å². The average Bonchev–Trinajstić information content (AvgIpc) is 2.42. The molecule has 0 aromatic heterocycles. The zero-order valence-electron chi connectivity index (χ0n) is 13.1. The summed E-state index contributed by atoms with van der Waals surface area (Å²) < 4.78 is 27.9. The van der Waals surface area contributed by atoms with Gasteiger partial charge in [0.2, 0.25) is 10.0 Å². The van der Waals surface area contributed by atoms with Gasteiger partial charge >= 0.3 is 0 Å². The fourth-order valence-corrected chi connectivity index (χ4v) is 3.96. The van der Waals surface area contributed by atoms with Crippen molar-refractivity contribution in [2.75, 3.05) is 6.54 Å². The number of sulfonamides is 1. The van der Waals surface area contributed by atoms with Crippen LogP contribution in [0, 0.1) is 5.92 Å². The number of rotatable bonds is 8. The molecule has 1 aromatic carbocycles. The summed E-state index contributed by atoms with van der Waals surface area (Å²) in [4.78, 5) is 0.291. The van der Waals surface area contributed by atoms with Gasteiger partial charge in [0.05, 0.1) is 4.90 Å². The summed E-state index contributed by atoms with van der Waals surface area (Å²) in [5.74, 6) is 0.327. The second kappa shape index (κ2) is 8.27. The van der Waals surface area contributed by atoms with E-state index in [0.717, 1.165) is 18.5 Å². The lowest BCUT2D eigenvalue weighted by Crippen LogP contribution is -2.28. The summed E-state index contributed by atoms with van der Waals surface area (Å²) in [6, 6.07) is 5.75. The summed E-state index contributed by atoms with van der Waals surface area (Å²) in [7, 11) is -3.46. The molecule has 21 heavy (non-hydrogen) atoms. The van der Waals surface area contributed by atoms with Crippen molar-refractivity contribution in [3.8, 4) is 0 Å². The largest absolute Gasteiger partial charge is 0.310 e. The van der Waals surface area contributed by atoms with Gasteiger partial charge in [0, 0.05) is 23.6 Å². The van der Waals surface area contributed by atoms with Gasteiger partial charge in [-0.05, 0) is 39.5 Å². The fraction of sp³-hybridized carbons (Fsp3) is 0.600. The normalized spacial score (nSPS) is 13.6. The van der Waals surface area contributed by atoms with Crippen molar-refractivity contribution in [2.45, 2.75) is 51.6 Å². The molecule has 0 fully saturated rings. The molecule has 0 spiro atoms. The first-order valence-corrected chi connectivity index (χ1v) is 9.55. The Morgan fingerprint density at radius 2 is 1.90 bits per heavy atom. The molecule has 0 bridgehead atoms. The van der Waals surface area contributed by atoms with Gasteiger partial charge in [0.1, 0.15) is 0 Å². The van der Waals surface area contributed by atoms with Gasteiger partial charge in [-0.1, -0.05) is 40.2 Å². The average molecular weight is 377 g/mol. The summed E-state index contributed by atoms with van der Waals surface area (Å²) in [6.45, 7) is 9.40. The molecule has 0 aliphatic carbocycles. The predicted molar refractivity (Wildman–Crippen MR) is 90.8 cm³/mol. The molecule has 120 valence electrons. The van der Waals surface area contributed by atoms with E-state index in [1.165, 1.54) is 0 Å². The van der Waals surface area contributed by atoms with E-state index in [1.807, 2.05) is 26.0 Å². The van der Waals surface area contributed by atoms with E-state index in [4.69, 9.17) is 0 Å². The van der Waals surface area contributed by atoms with Crippen molar-refractivity contribution in [3.05, 3.63) is 28.2 Å². The minimum absolute atomic E-state index is 0.291. The van der Waals surface area contributed by atoms with Crippen LogP contribution >= 0.6 is 15.9 Å². The highest BCUT2D eigenvalue weighted by atomic mass is 79.9. The molecule has 0 amide bonds. The van der Waals surface area contributed by atoms with E-state index in [2.05, 4.69) is 39.8 Å². The molecule has 1 unspecified atom stereocenters. The first-order chi connectivity index (χ1) is 9.76. The quantitative estimate of drug-likeness (QED) is 0.731. The summed E-state index contributed by atoms with van der Waals surface area (Å²) >= 11 is 3.37. The van der Waals surface area contributed by atoms with Gasteiger partial charge in [-0.25, -0.2) is 13.1 Å². The first kappa shape index (κ1) is 18.6. The van der Waals surface area contributed by atoms with Crippen LogP contribution in [0.5, 0.6) is 0 Å². The summed E-state index contributed by atoms with van der Waals surface area (Å²) in [5, 5.41) is 3.31. The Kier molecular flexibility index (Phi) is 7.33. The molecular weight excluding hydrogens is 352 g/mol. The van der Waals surface area contributed by atoms with Crippen LogP contribution in [0.3, 0.4) is 0 Å². The highest BCUT2D eigenvalue weighted by Crippen LogP contribution is 2.23. The smallest absolute Gasteiger partial charge is 0.241 e. The maximum atomic E-state index is 12.3. The third kappa shape index (κ3) is 6.06. The minimum Gasteiger partial charge on any atom is -0.310 e. The number of hydrogen-bond donors (Lipinski definition) is 2. The zero-order chi connectivity index (χ0) is 16.0. The van der Waals surface area contributed by atoms with Gasteiger partial charge in [-0.2, -0.15) is 0 Å². The second-order valence-corrected chi connectivity index (χ2v) is 8.26. The minimum atomic E-state index is -3.46. The van der Waals surface area contributed by atoms with Crippen LogP contribution in [0.2, 0.25) is 0 Å². The topological polar surface area (TPSA) is 58.2 Å². The standard InChI is InChI=1S/C15H25BrN2O2S/c1-5-12(4)9-18-21(19,20)15-7-6-13(8-14(15)16)10-17-11(2)3/h6-8,11-12,17-18H,5,9-10H2,1-4H3. The van der Waals surface area contributed by atoms with Crippen LogP contribution in [-0.4, -0.2) is 21.0 Å². The van der Waals surface area contributed by atoms with Crippen LogP contribution in [-0.2, 0) is 16.6 Å². The fourth-order valence-electron chi connectivity index (χ4n) is 1.67. The Bertz CT molecular complexity index is 559. The van der Waals surface area contributed by atoms with Crippen LogP contribution in [0.4, 0.5) is 0 Å². The van der Waals surface area contributed by atoms with Crippen molar-refractivity contribution in [1.82, 2.24) is 10.0 Å². The molecule has 1 aromatic rings.